The number of para-hydroxylation sites is 1. The van der Waals surface area contributed by atoms with Crippen molar-refractivity contribution >= 4 is 34.6 Å². The Labute approximate surface area is 221 Å². The minimum Gasteiger partial charge on any atom is -0.490 e. The molecule has 4 aromatic rings. The topological polar surface area (TPSA) is 51.6 Å². The minimum atomic E-state index is -0.168. The molecule has 1 saturated heterocycles. The van der Waals surface area contributed by atoms with Crippen LogP contribution in [-0.2, 0) is 4.74 Å². The lowest BCUT2D eigenvalue weighted by Gasteiger charge is -2.29. The van der Waals surface area contributed by atoms with Gasteiger partial charge in [0.15, 0.2) is 5.11 Å². The molecule has 1 aliphatic rings. The van der Waals surface area contributed by atoms with Gasteiger partial charge in [-0.3, -0.25) is 4.98 Å². The van der Waals surface area contributed by atoms with Crippen molar-refractivity contribution < 1.29 is 9.47 Å². The highest BCUT2D eigenvalue weighted by molar-refractivity contribution is 7.80. The molecule has 0 bridgehead atoms. The van der Waals surface area contributed by atoms with Crippen LogP contribution in [0.25, 0.3) is 5.69 Å². The van der Waals surface area contributed by atoms with Crippen molar-refractivity contribution in [2.45, 2.75) is 19.0 Å². The van der Waals surface area contributed by atoms with Gasteiger partial charge >= 0.3 is 0 Å². The Hall–Kier alpha value is -3.39. The fourth-order valence-electron chi connectivity index (χ4n) is 4.61. The van der Waals surface area contributed by atoms with Crippen molar-refractivity contribution in [1.29, 1.82) is 0 Å². The van der Waals surface area contributed by atoms with E-state index in [4.69, 9.17) is 33.3 Å². The van der Waals surface area contributed by atoms with E-state index in [0.29, 0.717) is 29.1 Å². The van der Waals surface area contributed by atoms with Crippen LogP contribution in [0.4, 0.5) is 5.69 Å². The molecule has 0 saturated carbocycles. The van der Waals surface area contributed by atoms with Crippen LogP contribution in [0.1, 0.15) is 29.0 Å². The van der Waals surface area contributed by atoms with Gasteiger partial charge in [0.25, 0.3) is 0 Å². The number of pyridine rings is 1. The number of benzene rings is 2. The van der Waals surface area contributed by atoms with Crippen LogP contribution in [0, 0.1) is 6.92 Å². The van der Waals surface area contributed by atoms with E-state index in [1.807, 2.05) is 42.6 Å². The Morgan fingerprint density at radius 3 is 2.61 bits per heavy atom. The lowest BCUT2D eigenvalue weighted by Crippen LogP contribution is -2.30. The summed E-state index contributed by atoms with van der Waals surface area (Å²) in [4.78, 5) is 6.78. The highest BCUT2D eigenvalue weighted by Crippen LogP contribution is 2.43. The van der Waals surface area contributed by atoms with E-state index in [1.54, 1.807) is 7.11 Å². The molecule has 1 N–H and O–H groups in total. The van der Waals surface area contributed by atoms with Gasteiger partial charge in [0.05, 0.1) is 23.4 Å². The predicted molar refractivity (Wildman–Crippen MR) is 147 cm³/mol. The average Bonchev–Trinajstić information content (AvgIpc) is 3.50. The van der Waals surface area contributed by atoms with Crippen molar-refractivity contribution in [3.05, 3.63) is 107 Å². The first-order chi connectivity index (χ1) is 17.6. The molecule has 0 radical (unpaired) electrons. The van der Waals surface area contributed by atoms with E-state index in [1.165, 1.54) is 5.56 Å². The maximum Gasteiger partial charge on any atom is 0.174 e. The number of aromatic nitrogens is 2. The van der Waals surface area contributed by atoms with Crippen molar-refractivity contribution in [2.24, 2.45) is 0 Å². The van der Waals surface area contributed by atoms with Gasteiger partial charge in [-0.05, 0) is 73.2 Å². The minimum absolute atomic E-state index is 0.159. The third-order valence-electron chi connectivity index (χ3n) is 6.30. The lowest BCUT2D eigenvalue weighted by molar-refractivity contribution is 0.146. The first-order valence-corrected chi connectivity index (χ1v) is 12.5. The number of hydrogen-bond donors (Lipinski definition) is 1. The molecular formula is C28H27ClN4O2S. The molecule has 1 aliphatic heterocycles. The highest BCUT2D eigenvalue weighted by Gasteiger charge is 2.42. The summed E-state index contributed by atoms with van der Waals surface area (Å²) in [5, 5.41) is 4.64. The average molecular weight is 519 g/mol. The zero-order valence-electron chi connectivity index (χ0n) is 20.1. The smallest absolute Gasteiger partial charge is 0.174 e. The standard InChI is InChI=1S/C28H27ClN4O2S/c1-19-8-3-4-10-23(19)32-15-7-11-24(32)27-26(22-9-5-6-14-30-22)31-28(36)33(27)20-12-13-25(21(29)18-20)35-17-16-34-2/h3-15,18,26-27H,16-17H2,1-2H3,(H,31,36). The van der Waals surface area contributed by atoms with Crippen molar-refractivity contribution in [2.75, 3.05) is 25.2 Å². The number of aryl methyl sites for hydroxylation is 1. The Kier molecular flexibility index (Phi) is 7.23. The number of ether oxygens (including phenoxy) is 2. The monoisotopic (exact) mass is 518 g/mol. The van der Waals surface area contributed by atoms with Gasteiger partial charge in [0.1, 0.15) is 18.4 Å². The molecule has 3 heterocycles. The molecule has 0 spiro atoms. The molecular weight excluding hydrogens is 492 g/mol. The molecule has 6 nitrogen and oxygen atoms in total. The van der Waals surface area contributed by atoms with E-state index >= 15 is 0 Å². The maximum atomic E-state index is 6.63. The second-order valence-corrected chi connectivity index (χ2v) is 9.34. The number of nitrogens with zero attached hydrogens (tertiary/aromatic N) is 3. The quantitative estimate of drug-likeness (QED) is 0.227. The van der Waals surface area contributed by atoms with Gasteiger partial charge in [-0.25, -0.2) is 0 Å². The van der Waals surface area contributed by atoms with Crippen LogP contribution in [0.2, 0.25) is 5.02 Å². The maximum absolute atomic E-state index is 6.63. The first-order valence-electron chi connectivity index (χ1n) is 11.7. The van der Waals surface area contributed by atoms with E-state index in [2.05, 4.69) is 69.3 Å². The SMILES string of the molecule is COCCOc1ccc(N2C(=S)NC(c3ccccn3)C2c2cccn2-c2ccccc2C)cc1Cl. The summed E-state index contributed by atoms with van der Waals surface area (Å²) in [5.41, 5.74) is 5.18. The largest absolute Gasteiger partial charge is 0.490 e. The number of halogens is 1. The summed E-state index contributed by atoms with van der Waals surface area (Å²) < 4.78 is 13.1. The molecule has 36 heavy (non-hydrogen) atoms. The number of rotatable bonds is 8. The second kappa shape index (κ2) is 10.7. The number of hydrogen-bond acceptors (Lipinski definition) is 4. The number of thiocarbonyl (C=S) groups is 1. The molecule has 2 atom stereocenters. The third kappa shape index (κ3) is 4.69. The highest BCUT2D eigenvalue weighted by atomic mass is 35.5. The first kappa shape index (κ1) is 24.3. The summed E-state index contributed by atoms with van der Waals surface area (Å²) in [6.45, 7) is 3.03. The fourth-order valence-corrected chi connectivity index (χ4v) is 5.19. The van der Waals surface area contributed by atoms with Crippen LogP contribution in [0.5, 0.6) is 5.75 Å². The Morgan fingerprint density at radius 2 is 1.86 bits per heavy atom. The molecule has 1 fully saturated rings. The summed E-state index contributed by atoms with van der Waals surface area (Å²) in [5.74, 6) is 0.608. The predicted octanol–water partition coefficient (Wildman–Crippen LogP) is 6.04. The molecule has 8 heteroatoms. The van der Waals surface area contributed by atoms with Crippen molar-refractivity contribution in [1.82, 2.24) is 14.9 Å². The van der Waals surface area contributed by atoms with Crippen molar-refractivity contribution in [3.63, 3.8) is 0 Å². The van der Waals surface area contributed by atoms with Crippen LogP contribution in [0.3, 0.4) is 0 Å². The summed E-state index contributed by atoms with van der Waals surface area (Å²) >= 11 is 12.5. The fraction of sp³-hybridized carbons (Fsp3) is 0.214. The Bertz CT molecular complexity index is 1360. The molecule has 2 unspecified atom stereocenters. The molecule has 2 aromatic heterocycles. The van der Waals surface area contributed by atoms with Gasteiger partial charge in [-0.2, -0.15) is 0 Å². The van der Waals surface area contributed by atoms with Gasteiger partial charge in [-0.1, -0.05) is 35.9 Å². The molecule has 184 valence electrons. The van der Waals surface area contributed by atoms with Gasteiger partial charge in [-0.15, -0.1) is 0 Å². The molecule has 0 aliphatic carbocycles. The normalized spacial score (nSPS) is 17.3. The van der Waals surface area contributed by atoms with Crippen LogP contribution >= 0.6 is 23.8 Å². The summed E-state index contributed by atoms with van der Waals surface area (Å²) in [6, 6.07) is 23.9. The van der Waals surface area contributed by atoms with Crippen LogP contribution in [0.15, 0.2) is 85.2 Å². The number of methoxy groups -OCH3 is 1. The zero-order valence-corrected chi connectivity index (χ0v) is 21.7. The second-order valence-electron chi connectivity index (χ2n) is 8.54. The third-order valence-corrected chi connectivity index (χ3v) is 6.90. The van der Waals surface area contributed by atoms with Crippen LogP contribution in [-0.4, -0.2) is 35.0 Å². The number of anilines is 1. The zero-order chi connectivity index (χ0) is 25.1. The molecule has 2 aromatic carbocycles. The molecule has 0 amide bonds. The Balaban J connectivity index is 1.59. The summed E-state index contributed by atoms with van der Waals surface area (Å²) in [7, 11) is 1.64. The Morgan fingerprint density at radius 1 is 1.03 bits per heavy atom. The number of nitrogens with one attached hydrogen (secondary N) is 1. The van der Waals surface area contributed by atoms with E-state index in [9.17, 15) is 0 Å². The van der Waals surface area contributed by atoms with E-state index in [-0.39, 0.29) is 12.1 Å². The summed E-state index contributed by atoms with van der Waals surface area (Å²) in [6.07, 6.45) is 3.90. The van der Waals surface area contributed by atoms with Gasteiger partial charge < -0.3 is 24.3 Å². The van der Waals surface area contributed by atoms with Crippen LogP contribution < -0.4 is 15.0 Å². The molecule has 5 rings (SSSR count). The van der Waals surface area contributed by atoms with Crippen molar-refractivity contribution in [3.8, 4) is 11.4 Å². The van der Waals surface area contributed by atoms with E-state index in [0.717, 1.165) is 22.8 Å². The van der Waals surface area contributed by atoms with Gasteiger partial charge in [0.2, 0.25) is 0 Å². The lowest BCUT2D eigenvalue weighted by atomic mass is 10.0. The van der Waals surface area contributed by atoms with Gasteiger partial charge in [0, 0.05) is 36.6 Å². The van der Waals surface area contributed by atoms with E-state index < -0.39 is 0 Å².